The molecule has 1 nitrogen and oxygen atoms in total. The van der Waals surface area contributed by atoms with Gasteiger partial charge in [-0.1, -0.05) is 13.3 Å². The number of rotatable bonds is 5. The molecule has 1 aliphatic rings. The number of hydrogen-bond donors (Lipinski definition) is 1. The summed E-state index contributed by atoms with van der Waals surface area (Å²) in [6.45, 7) is 4.80. The molecule has 1 N–H and O–H groups in total. The summed E-state index contributed by atoms with van der Waals surface area (Å²) >= 11 is 1.92. The maximum atomic E-state index is 3.51. The standard InChI is InChI=1S/C9H19NS/c1-9(4-3-5-9)8-10-6-7-11-2/h10H,3-8H2,1-2H3. The monoisotopic (exact) mass is 173 g/mol. The minimum absolute atomic E-state index is 0.651. The number of nitrogens with one attached hydrogen (secondary N) is 1. The van der Waals surface area contributed by atoms with E-state index in [1.165, 1.54) is 38.1 Å². The second-order valence-corrected chi connectivity index (χ2v) is 4.82. The van der Waals surface area contributed by atoms with Crippen LogP contribution in [0.4, 0.5) is 0 Å². The summed E-state index contributed by atoms with van der Waals surface area (Å²) in [6, 6.07) is 0. The van der Waals surface area contributed by atoms with Crippen molar-refractivity contribution >= 4 is 11.8 Å². The smallest absolute Gasteiger partial charge is 0.00553 e. The van der Waals surface area contributed by atoms with Crippen molar-refractivity contribution < 1.29 is 0 Å². The summed E-state index contributed by atoms with van der Waals surface area (Å²) in [5.74, 6) is 1.25. The normalized spacial score (nSPS) is 21.3. The maximum Gasteiger partial charge on any atom is 0.00553 e. The largest absolute Gasteiger partial charge is 0.315 e. The summed E-state index contributed by atoms with van der Waals surface area (Å²) in [7, 11) is 0. The Morgan fingerprint density at radius 3 is 2.64 bits per heavy atom. The molecule has 1 rings (SSSR count). The third-order valence-electron chi connectivity index (χ3n) is 2.60. The molecule has 0 spiro atoms. The molecule has 11 heavy (non-hydrogen) atoms. The van der Waals surface area contributed by atoms with Gasteiger partial charge < -0.3 is 5.32 Å². The molecule has 2 heteroatoms. The Balaban J connectivity index is 1.94. The fraction of sp³-hybridized carbons (Fsp3) is 1.00. The molecule has 0 atom stereocenters. The van der Waals surface area contributed by atoms with Gasteiger partial charge in [-0.3, -0.25) is 0 Å². The summed E-state index contributed by atoms with van der Waals surface area (Å²) in [4.78, 5) is 0. The van der Waals surface area contributed by atoms with Gasteiger partial charge in [0.05, 0.1) is 0 Å². The van der Waals surface area contributed by atoms with E-state index >= 15 is 0 Å². The van der Waals surface area contributed by atoms with Gasteiger partial charge in [0.2, 0.25) is 0 Å². The highest BCUT2D eigenvalue weighted by Crippen LogP contribution is 2.39. The van der Waals surface area contributed by atoms with Gasteiger partial charge in [-0.15, -0.1) is 0 Å². The zero-order chi connectivity index (χ0) is 8.16. The fourth-order valence-corrected chi connectivity index (χ4v) is 1.87. The van der Waals surface area contributed by atoms with Crippen molar-refractivity contribution in [3.05, 3.63) is 0 Å². The quantitative estimate of drug-likeness (QED) is 0.639. The van der Waals surface area contributed by atoms with Gasteiger partial charge >= 0.3 is 0 Å². The van der Waals surface area contributed by atoms with Crippen LogP contribution in [0.15, 0.2) is 0 Å². The van der Waals surface area contributed by atoms with E-state index in [9.17, 15) is 0 Å². The first-order valence-electron chi connectivity index (χ1n) is 4.46. The lowest BCUT2D eigenvalue weighted by atomic mass is 9.70. The van der Waals surface area contributed by atoms with E-state index in [-0.39, 0.29) is 0 Å². The van der Waals surface area contributed by atoms with Crippen molar-refractivity contribution in [3.63, 3.8) is 0 Å². The molecule has 0 aliphatic heterocycles. The van der Waals surface area contributed by atoms with Gasteiger partial charge in [-0.2, -0.15) is 11.8 Å². The third kappa shape index (κ3) is 3.04. The Labute approximate surface area is 74.3 Å². The van der Waals surface area contributed by atoms with Gasteiger partial charge in [0.25, 0.3) is 0 Å². The van der Waals surface area contributed by atoms with E-state index in [0.29, 0.717) is 5.41 Å². The van der Waals surface area contributed by atoms with E-state index < -0.39 is 0 Å². The first kappa shape index (κ1) is 9.40. The summed E-state index contributed by atoms with van der Waals surface area (Å²) in [5, 5.41) is 3.51. The van der Waals surface area contributed by atoms with Crippen molar-refractivity contribution in [2.24, 2.45) is 5.41 Å². The first-order chi connectivity index (χ1) is 5.27. The van der Waals surface area contributed by atoms with Crippen LogP contribution in [0.3, 0.4) is 0 Å². The molecule has 66 valence electrons. The lowest BCUT2D eigenvalue weighted by Gasteiger charge is -2.38. The Morgan fingerprint density at radius 2 is 2.18 bits per heavy atom. The zero-order valence-corrected chi connectivity index (χ0v) is 8.47. The molecule has 0 radical (unpaired) electrons. The Bertz CT molecular complexity index is 110. The summed E-state index contributed by atoms with van der Waals surface area (Å²) in [5.41, 5.74) is 0.651. The molecular formula is C9H19NS. The molecule has 0 aromatic carbocycles. The summed E-state index contributed by atoms with van der Waals surface area (Å²) in [6.07, 6.45) is 6.46. The molecule has 0 aromatic heterocycles. The van der Waals surface area contributed by atoms with Crippen LogP contribution in [-0.2, 0) is 0 Å². The maximum absolute atomic E-state index is 3.51. The van der Waals surface area contributed by atoms with Gasteiger partial charge in [-0.05, 0) is 24.5 Å². The minimum Gasteiger partial charge on any atom is -0.315 e. The van der Waals surface area contributed by atoms with E-state index in [1.807, 2.05) is 11.8 Å². The highest BCUT2D eigenvalue weighted by atomic mass is 32.2. The molecule has 0 aromatic rings. The SMILES string of the molecule is CSCCNCC1(C)CCC1. The van der Waals surface area contributed by atoms with Crippen molar-refractivity contribution in [1.29, 1.82) is 0 Å². The van der Waals surface area contributed by atoms with Gasteiger partial charge in [-0.25, -0.2) is 0 Å². The molecule has 0 saturated heterocycles. The lowest BCUT2D eigenvalue weighted by molar-refractivity contribution is 0.158. The van der Waals surface area contributed by atoms with Crippen LogP contribution >= 0.6 is 11.8 Å². The van der Waals surface area contributed by atoms with E-state index in [1.54, 1.807) is 0 Å². The third-order valence-corrected chi connectivity index (χ3v) is 3.21. The Hall–Kier alpha value is 0.310. The van der Waals surface area contributed by atoms with Crippen LogP contribution in [-0.4, -0.2) is 25.1 Å². The van der Waals surface area contributed by atoms with Gasteiger partial charge in [0.15, 0.2) is 0 Å². The molecule has 0 bridgehead atoms. The van der Waals surface area contributed by atoms with Crippen LogP contribution in [0.1, 0.15) is 26.2 Å². The van der Waals surface area contributed by atoms with E-state index in [0.717, 1.165) is 0 Å². The lowest BCUT2D eigenvalue weighted by Crippen LogP contribution is -2.38. The van der Waals surface area contributed by atoms with Crippen LogP contribution in [0.2, 0.25) is 0 Å². The van der Waals surface area contributed by atoms with Crippen LogP contribution < -0.4 is 5.32 Å². The molecule has 1 fully saturated rings. The molecule has 1 saturated carbocycles. The second-order valence-electron chi connectivity index (χ2n) is 3.83. The number of hydrogen-bond acceptors (Lipinski definition) is 2. The Morgan fingerprint density at radius 1 is 1.45 bits per heavy atom. The van der Waals surface area contributed by atoms with E-state index in [2.05, 4.69) is 18.5 Å². The zero-order valence-electron chi connectivity index (χ0n) is 7.65. The van der Waals surface area contributed by atoms with Crippen LogP contribution in [0.25, 0.3) is 0 Å². The second kappa shape index (κ2) is 4.36. The van der Waals surface area contributed by atoms with Gasteiger partial charge in [0.1, 0.15) is 0 Å². The average molecular weight is 173 g/mol. The highest BCUT2D eigenvalue weighted by molar-refractivity contribution is 7.98. The first-order valence-corrected chi connectivity index (χ1v) is 5.86. The van der Waals surface area contributed by atoms with Crippen molar-refractivity contribution in [1.82, 2.24) is 5.32 Å². The van der Waals surface area contributed by atoms with Crippen molar-refractivity contribution in [3.8, 4) is 0 Å². The fourth-order valence-electron chi connectivity index (χ4n) is 1.52. The van der Waals surface area contributed by atoms with Crippen LogP contribution in [0, 0.1) is 5.41 Å². The highest BCUT2D eigenvalue weighted by Gasteiger charge is 2.30. The van der Waals surface area contributed by atoms with Gasteiger partial charge in [0, 0.05) is 18.8 Å². The predicted octanol–water partition coefficient (Wildman–Crippen LogP) is 2.13. The topological polar surface area (TPSA) is 12.0 Å². The molecular weight excluding hydrogens is 154 g/mol. The molecule has 0 amide bonds. The minimum atomic E-state index is 0.651. The average Bonchev–Trinajstić information content (AvgIpc) is 1.95. The van der Waals surface area contributed by atoms with Crippen molar-refractivity contribution in [2.45, 2.75) is 26.2 Å². The van der Waals surface area contributed by atoms with E-state index in [4.69, 9.17) is 0 Å². The number of thioether (sulfide) groups is 1. The van der Waals surface area contributed by atoms with Crippen LogP contribution in [0.5, 0.6) is 0 Å². The molecule has 0 heterocycles. The Kier molecular flexibility index (Phi) is 3.73. The van der Waals surface area contributed by atoms with Crippen molar-refractivity contribution in [2.75, 3.05) is 25.1 Å². The molecule has 1 aliphatic carbocycles. The summed E-state index contributed by atoms with van der Waals surface area (Å²) < 4.78 is 0. The predicted molar refractivity (Wildman–Crippen MR) is 53.2 cm³/mol. The molecule has 0 unspecified atom stereocenters.